The van der Waals surface area contributed by atoms with Crippen molar-refractivity contribution in [1.29, 1.82) is 5.26 Å². The van der Waals surface area contributed by atoms with Crippen LogP contribution in [0.1, 0.15) is 5.56 Å². The fraction of sp³-hybridized carbons (Fsp3) is 0. The van der Waals surface area contributed by atoms with Crippen molar-refractivity contribution in [2.45, 2.75) is 0 Å². The standard InChI is InChI=1S/C10H6Cl2N4/c11-7-1-8(12)3-9(2-7)16-10(14)6(4-13)5-15-16/h1-3,5H,14H2. The maximum Gasteiger partial charge on any atom is 0.145 e. The summed E-state index contributed by atoms with van der Waals surface area (Å²) in [7, 11) is 0. The molecule has 0 unspecified atom stereocenters. The third-order valence-corrected chi connectivity index (χ3v) is 2.46. The van der Waals surface area contributed by atoms with E-state index in [1.54, 1.807) is 18.2 Å². The summed E-state index contributed by atoms with van der Waals surface area (Å²) < 4.78 is 1.41. The molecule has 0 fully saturated rings. The minimum absolute atomic E-state index is 0.265. The summed E-state index contributed by atoms with van der Waals surface area (Å²) in [6, 6.07) is 6.88. The maximum absolute atomic E-state index is 8.75. The average Bonchev–Trinajstić information content (AvgIpc) is 2.58. The highest BCUT2D eigenvalue weighted by atomic mass is 35.5. The van der Waals surface area contributed by atoms with Gasteiger partial charge in [0.25, 0.3) is 0 Å². The second-order valence-electron chi connectivity index (χ2n) is 3.09. The lowest BCUT2D eigenvalue weighted by Crippen LogP contribution is -2.02. The van der Waals surface area contributed by atoms with Crippen LogP contribution in [0, 0.1) is 11.3 Å². The monoisotopic (exact) mass is 252 g/mol. The minimum atomic E-state index is 0.265. The Kier molecular flexibility index (Phi) is 2.73. The molecule has 1 heterocycles. The number of nitrogens with zero attached hydrogens (tertiary/aromatic N) is 3. The molecule has 0 spiro atoms. The minimum Gasteiger partial charge on any atom is -0.382 e. The van der Waals surface area contributed by atoms with Crippen LogP contribution in [-0.2, 0) is 0 Å². The number of nitrogen functional groups attached to an aromatic ring is 1. The van der Waals surface area contributed by atoms with Gasteiger partial charge in [-0.1, -0.05) is 23.2 Å². The van der Waals surface area contributed by atoms with Gasteiger partial charge in [0, 0.05) is 10.0 Å². The number of halogens is 2. The molecule has 4 nitrogen and oxygen atoms in total. The Morgan fingerprint density at radius 2 is 1.88 bits per heavy atom. The molecule has 80 valence electrons. The Hall–Kier alpha value is -1.70. The quantitative estimate of drug-likeness (QED) is 0.849. The molecule has 0 saturated carbocycles. The predicted octanol–water partition coefficient (Wildman–Crippen LogP) is 2.63. The molecule has 2 rings (SSSR count). The number of nitrogens with two attached hydrogens (primary N) is 1. The number of nitriles is 1. The molecule has 0 aliphatic heterocycles. The molecule has 1 aromatic carbocycles. The van der Waals surface area contributed by atoms with E-state index in [4.69, 9.17) is 34.2 Å². The highest BCUT2D eigenvalue weighted by Gasteiger charge is 2.09. The third kappa shape index (κ3) is 1.83. The van der Waals surface area contributed by atoms with Gasteiger partial charge >= 0.3 is 0 Å². The Bertz CT molecular complexity index is 563. The Morgan fingerprint density at radius 3 is 2.38 bits per heavy atom. The summed E-state index contributed by atoms with van der Waals surface area (Å²) in [5.41, 5.74) is 6.68. The van der Waals surface area contributed by atoms with Crippen LogP contribution >= 0.6 is 23.2 Å². The molecule has 16 heavy (non-hydrogen) atoms. The van der Waals surface area contributed by atoms with Crippen LogP contribution in [-0.4, -0.2) is 9.78 Å². The van der Waals surface area contributed by atoms with Crippen LogP contribution in [0.25, 0.3) is 5.69 Å². The number of benzene rings is 1. The van der Waals surface area contributed by atoms with Gasteiger partial charge in [-0.25, -0.2) is 4.68 Å². The summed E-state index contributed by atoms with van der Waals surface area (Å²) in [6.07, 6.45) is 1.39. The van der Waals surface area contributed by atoms with Crippen LogP contribution in [0.15, 0.2) is 24.4 Å². The van der Waals surface area contributed by atoms with Crippen molar-refractivity contribution in [3.05, 3.63) is 40.0 Å². The van der Waals surface area contributed by atoms with Gasteiger partial charge < -0.3 is 5.73 Å². The van der Waals surface area contributed by atoms with Gasteiger partial charge in [-0.15, -0.1) is 0 Å². The topological polar surface area (TPSA) is 67.6 Å². The highest BCUT2D eigenvalue weighted by molar-refractivity contribution is 6.34. The maximum atomic E-state index is 8.75. The fourth-order valence-electron chi connectivity index (χ4n) is 1.31. The molecule has 0 bridgehead atoms. The zero-order chi connectivity index (χ0) is 11.7. The lowest BCUT2D eigenvalue weighted by atomic mass is 10.3. The number of aromatic nitrogens is 2. The molecule has 2 N–H and O–H groups in total. The van der Waals surface area contributed by atoms with Gasteiger partial charge in [0.1, 0.15) is 17.5 Å². The van der Waals surface area contributed by atoms with Crippen LogP contribution in [0.5, 0.6) is 0 Å². The highest BCUT2D eigenvalue weighted by Crippen LogP contribution is 2.24. The fourth-order valence-corrected chi connectivity index (χ4v) is 1.83. The smallest absolute Gasteiger partial charge is 0.145 e. The Morgan fingerprint density at radius 1 is 1.25 bits per heavy atom. The first kappa shape index (κ1) is 10.8. The molecule has 0 amide bonds. The zero-order valence-electron chi connectivity index (χ0n) is 7.98. The molecule has 0 radical (unpaired) electrons. The van der Waals surface area contributed by atoms with E-state index in [1.165, 1.54) is 10.9 Å². The van der Waals surface area contributed by atoms with Gasteiger partial charge in [0.2, 0.25) is 0 Å². The molecule has 0 atom stereocenters. The van der Waals surface area contributed by atoms with Gasteiger partial charge in [-0.05, 0) is 18.2 Å². The predicted molar refractivity (Wildman–Crippen MR) is 62.7 cm³/mol. The number of rotatable bonds is 1. The van der Waals surface area contributed by atoms with Crippen LogP contribution in [0.4, 0.5) is 5.82 Å². The van der Waals surface area contributed by atoms with Crippen molar-refractivity contribution in [1.82, 2.24) is 9.78 Å². The second kappa shape index (κ2) is 4.05. The van der Waals surface area contributed by atoms with Crippen molar-refractivity contribution in [2.75, 3.05) is 5.73 Å². The van der Waals surface area contributed by atoms with Crippen molar-refractivity contribution in [2.24, 2.45) is 0 Å². The summed E-state index contributed by atoms with van der Waals surface area (Å²) in [4.78, 5) is 0. The molecule has 0 aliphatic rings. The lowest BCUT2D eigenvalue weighted by molar-refractivity contribution is 0.891. The van der Waals surface area contributed by atoms with Crippen LogP contribution < -0.4 is 5.73 Å². The van der Waals surface area contributed by atoms with Crippen molar-refractivity contribution in [3.63, 3.8) is 0 Å². The van der Waals surface area contributed by atoms with Crippen LogP contribution in [0.3, 0.4) is 0 Å². The molecule has 0 saturated heterocycles. The van der Waals surface area contributed by atoms with Crippen LogP contribution in [0.2, 0.25) is 10.0 Å². The van der Waals surface area contributed by atoms with Gasteiger partial charge in [-0.2, -0.15) is 10.4 Å². The SMILES string of the molecule is N#Cc1cnn(-c2cc(Cl)cc(Cl)c2)c1N. The molecular formula is C10H6Cl2N4. The number of hydrogen-bond acceptors (Lipinski definition) is 3. The zero-order valence-corrected chi connectivity index (χ0v) is 9.50. The van der Waals surface area contributed by atoms with E-state index in [-0.39, 0.29) is 5.82 Å². The molecule has 1 aromatic heterocycles. The van der Waals surface area contributed by atoms with E-state index in [0.717, 1.165) is 0 Å². The normalized spacial score (nSPS) is 10.1. The second-order valence-corrected chi connectivity index (χ2v) is 3.97. The van der Waals surface area contributed by atoms with E-state index in [1.807, 2.05) is 6.07 Å². The van der Waals surface area contributed by atoms with Crippen molar-refractivity contribution < 1.29 is 0 Å². The first-order valence-corrected chi connectivity index (χ1v) is 5.07. The van der Waals surface area contributed by atoms with Crippen molar-refractivity contribution in [3.8, 4) is 11.8 Å². The van der Waals surface area contributed by atoms with E-state index >= 15 is 0 Å². The molecule has 2 aromatic rings. The number of anilines is 1. The van der Waals surface area contributed by atoms with Gasteiger partial charge in [-0.3, -0.25) is 0 Å². The average molecular weight is 253 g/mol. The number of hydrogen-bond donors (Lipinski definition) is 1. The summed E-state index contributed by atoms with van der Waals surface area (Å²) >= 11 is 11.7. The summed E-state index contributed by atoms with van der Waals surface area (Å²) in [5, 5.41) is 13.7. The lowest BCUT2D eigenvalue weighted by Gasteiger charge is -2.05. The van der Waals surface area contributed by atoms with Gasteiger partial charge in [0.05, 0.1) is 11.9 Å². The first-order chi connectivity index (χ1) is 7.61. The first-order valence-electron chi connectivity index (χ1n) is 4.32. The Labute approximate surface area is 102 Å². The Balaban J connectivity index is 2.59. The van der Waals surface area contributed by atoms with Crippen molar-refractivity contribution >= 4 is 29.0 Å². The van der Waals surface area contributed by atoms with E-state index in [9.17, 15) is 0 Å². The summed E-state index contributed by atoms with van der Waals surface area (Å²) in [5.74, 6) is 0.265. The molecule has 0 aliphatic carbocycles. The largest absolute Gasteiger partial charge is 0.382 e. The third-order valence-electron chi connectivity index (χ3n) is 2.02. The molecular weight excluding hydrogens is 247 g/mol. The van der Waals surface area contributed by atoms with E-state index < -0.39 is 0 Å². The van der Waals surface area contributed by atoms with E-state index in [0.29, 0.717) is 21.3 Å². The van der Waals surface area contributed by atoms with E-state index in [2.05, 4.69) is 5.10 Å². The van der Waals surface area contributed by atoms with Gasteiger partial charge in [0.15, 0.2) is 0 Å². The summed E-state index contributed by atoms with van der Waals surface area (Å²) in [6.45, 7) is 0. The molecule has 6 heteroatoms.